The summed E-state index contributed by atoms with van der Waals surface area (Å²) in [6.45, 7) is 7.61. The Hall–Kier alpha value is -2.76. The fraction of sp³-hybridized carbons (Fsp3) is 0.333. The van der Waals surface area contributed by atoms with Crippen LogP contribution in [0.3, 0.4) is 0 Å². The highest BCUT2D eigenvalue weighted by Gasteiger charge is 2.32. The van der Waals surface area contributed by atoms with Crippen molar-refractivity contribution in [1.82, 2.24) is 0 Å². The lowest BCUT2D eigenvalue weighted by Gasteiger charge is -2.21. The number of hydrogen-bond acceptors (Lipinski definition) is 5. The smallest absolute Gasteiger partial charge is 0.296 e. The number of hydrogen-bond donors (Lipinski definition) is 0. The second-order valence-electron chi connectivity index (χ2n) is 5.84. The first-order valence-electron chi connectivity index (χ1n) is 8.07. The van der Waals surface area contributed by atoms with Crippen LogP contribution in [0, 0.1) is 10.1 Å². The molecule has 0 bridgehead atoms. The molecule has 1 heterocycles. The normalized spacial score (nSPS) is 18.5. The topological polar surface area (TPSA) is 71.1 Å². The van der Waals surface area contributed by atoms with Gasteiger partial charge in [0, 0.05) is 24.7 Å². The summed E-state index contributed by atoms with van der Waals surface area (Å²) >= 11 is 0. The SMILES string of the molecule is CCN(CC)c1ccc([N+](=O)[O-])c2c1=NC(C)(c1ccccc1)N=2. The number of rotatable bonds is 5. The molecule has 1 aliphatic rings. The van der Waals surface area contributed by atoms with Crippen molar-refractivity contribution in [3.05, 3.63) is 68.9 Å². The standard InChI is InChI=1S/C18H20N4O2/c1-4-21(5-2)14-11-12-15(22(23)24)17-16(14)19-18(3,20-17)13-9-7-6-8-10-13/h6-12H,4-5H2,1-3H3. The molecule has 124 valence electrons. The molecule has 6 nitrogen and oxygen atoms in total. The number of fused-ring (bicyclic) bond motifs is 1. The summed E-state index contributed by atoms with van der Waals surface area (Å²) in [6.07, 6.45) is 0. The van der Waals surface area contributed by atoms with Gasteiger partial charge in [0.15, 0.2) is 11.0 Å². The zero-order chi connectivity index (χ0) is 17.3. The third kappa shape index (κ3) is 2.54. The van der Waals surface area contributed by atoms with Gasteiger partial charge in [0.2, 0.25) is 0 Å². The first-order chi connectivity index (χ1) is 11.5. The Balaban J connectivity index is 2.30. The maximum Gasteiger partial charge on any atom is 0.296 e. The lowest BCUT2D eigenvalue weighted by atomic mass is 10.0. The number of benzene rings is 2. The molecule has 2 aromatic rings. The Kier molecular flexibility index (Phi) is 4.05. The molecule has 2 aromatic carbocycles. The predicted octanol–water partition coefficient (Wildman–Crippen LogP) is 2.57. The lowest BCUT2D eigenvalue weighted by Crippen LogP contribution is -2.34. The summed E-state index contributed by atoms with van der Waals surface area (Å²) in [5, 5.41) is 12.4. The molecule has 6 heteroatoms. The van der Waals surface area contributed by atoms with Gasteiger partial charge in [-0.25, -0.2) is 9.98 Å². The second kappa shape index (κ2) is 6.03. The van der Waals surface area contributed by atoms with Crippen LogP contribution in [-0.2, 0) is 5.66 Å². The first-order valence-corrected chi connectivity index (χ1v) is 8.07. The Morgan fingerprint density at radius 1 is 1.04 bits per heavy atom. The van der Waals surface area contributed by atoms with E-state index < -0.39 is 5.66 Å². The summed E-state index contributed by atoms with van der Waals surface area (Å²) in [5.74, 6) is 0. The van der Waals surface area contributed by atoms with Gasteiger partial charge in [0.05, 0.1) is 10.6 Å². The second-order valence-corrected chi connectivity index (χ2v) is 5.84. The predicted molar refractivity (Wildman–Crippen MR) is 92.8 cm³/mol. The molecule has 0 aromatic heterocycles. The van der Waals surface area contributed by atoms with E-state index in [0.717, 1.165) is 24.3 Å². The molecule has 0 N–H and O–H groups in total. The first kappa shape index (κ1) is 16.1. The fourth-order valence-corrected chi connectivity index (χ4v) is 3.09. The fourth-order valence-electron chi connectivity index (χ4n) is 3.09. The maximum absolute atomic E-state index is 11.4. The van der Waals surface area contributed by atoms with E-state index in [0.29, 0.717) is 10.7 Å². The third-order valence-electron chi connectivity index (χ3n) is 4.39. The molecule has 1 unspecified atom stereocenters. The van der Waals surface area contributed by atoms with Gasteiger partial charge >= 0.3 is 0 Å². The Morgan fingerprint density at radius 2 is 1.67 bits per heavy atom. The van der Waals surface area contributed by atoms with E-state index in [4.69, 9.17) is 4.99 Å². The molecule has 3 rings (SSSR count). The zero-order valence-corrected chi connectivity index (χ0v) is 14.1. The zero-order valence-electron chi connectivity index (χ0n) is 14.1. The van der Waals surface area contributed by atoms with Crippen LogP contribution in [-0.4, -0.2) is 18.0 Å². The Morgan fingerprint density at radius 3 is 2.25 bits per heavy atom. The van der Waals surface area contributed by atoms with Crippen LogP contribution < -0.4 is 15.6 Å². The van der Waals surface area contributed by atoms with E-state index in [1.165, 1.54) is 6.07 Å². The number of nitrogens with zero attached hydrogens (tertiary/aromatic N) is 4. The largest absolute Gasteiger partial charge is 0.370 e. The van der Waals surface area contributed by atoms with Crippen molar-refractivity contribution in [3.63, 3.8) is 0 Å². The summed E-state index contributed by atoms with van der Waals surface area (Å²) in [4.78, 5) is 22.6. The maximum atomic E-state index is 11.4. The van der Waals surface area contributed by atoms with Gasteiger partial charge in [-0.2, -0.15) is 0 Å². The molecular weight excluding hydrogens is 304 g/mol. The molecule has 24 heavy (non-hydrogen) atoms. The van der Waals surface area contributed by atoms with Crippen molar-refractivity contribution >= 4 is 11.4 Å². The van der Waals surface area contributed by atoms with Crippen molar-refractivity contribution < 1.29 is 4.92 Å². The molecule has 0 amide bonds. The molecule has 1 aliphatic heterocycles. The minimum atomic E-state index is -0.836. The molecular formula is C18H20N4O2. The summed E-state index contributed by atoms with van der Waals surface area (Å²) in [7, 11) is 0. The van der Waals surface area contributed by atoms with Crippen LogP contribution in [0.25, 0.3) is 0 Å². The molecule has 0 aliphatic carbocycles. The van der Waals surface area contributed by atoms with Crippen molar-refractivity contribution in [2.75, 3.05) is 18.0 Å². The van der Waals surface area contributed by atoms with Crippen molar-refractivity contribution in [2.24, 2.45) is 9.98 Å². The summed E-state index contributed by atoms with van der Waals surface area (Å²) < 4.78 is 0. The van der Waals surface area contributed by atoms with E-state index in [1.54, 1.807) is 6.07 Å². The van der Waals surface area contributed by atoms with Gasteiger partial charge < -0.3 is 4.90 Å². The van der Waals surface area contributed by atoms with Crippen molar-refractivity contribution in [1.29, 1.82) is 0 Å². The highest BCUT2D eigenvalue weighted by molar-refractivity contribution is 5.51. The highest BCUT2D eigenvalue weighted by Crippen LogP contribution is 2.29. The minimum absolute atomic E-state index is 0.00399. The number of anilines is 1. The Bertz CT molecular complexity index is 891. The van der Waals surface area contributed by atoms with Crippen LogP contribution in [0.2, 0.25) is 0 Å². The molecule has 0 radical (unpaired) electrons. The monoisotopic (exact) mass is 324 g/mol. The average Bonchev–Trinajstić information content (AvgIpc) is 2.95. The highest BCUT2D eigenvalue weighted by atomic mass is 16.6. The van der Waals surface area contributed by atoms with Crippen LogP contribution in [0.4, 0.5) is 11.4 Å². The van der Waals surface area contributed by atoms with E-state index in [2.05, 4.69) is 23.7 Å². The van der Waals surface area contributed by atoms with E-state index >= 15 is 0 Å². The van der Waals surface area contributed by atoms with Gasteiger partial charge in [-0.15, -0.1) is 0 Å². The average molecular weight is 324 g/mol. The van der Waals surface area contributed by atoms with Crippen LogP contribution >= 0.6 is 0 Å². The van der Waals surface area contributed by atoms with Crippen LogP contribution in [0.15, 0.2) is 52.4 Å². The molecule has 0 saturated carbocycles. The van der Waals surface area contributed by atoms with Gasteiger partial charge in [0.1, 0.15) is 5.36 Å². The summed E-state index contributed by atoms with van der Waals surface area (Å²) in [5.41, 5.74) is 0.978. The van der Waals surface area contributed by atoms with Crippen molar-refractivity contribution in [3.8, 4) is 0 Å². The van der Waals surface area contributed by atoms with E-state index in [9.17, 15) is 10.1 Å². The Labute approximate surface area is 140 Å². The van der Waals surface area contributed by atoms with E-state index in [1.807, 2.05) is 37.3 Å². The van der Waals surface area contributed by atoms with Gasteiger partial charge in [-0.1, -0.05) is 30.3 Å². The number of nitro groups is 1. The van der Waals surface area contributed by atoms with Crippen LogP contribution in [0.5, 0.6) is 0 Å². The van der Waals surface area contributed by atoms with Crippen molar-refractivity contribution in [2.45, 2.75) is 26.4 Å². The lowest BCUT2D eigenvalue weighted by molar-refractivity contribution is -0.386. The van der Waals surface area contributed by atoms with E-state index in [-0.39, 0.29) is 10.6 Å². The summed E-state index contributed by atoms with van der Waals surface area (Å²) in [6, 6.07) is 13.0. The van der Waals surface area contributed by atoms with Gasteiger partial charge in [0.25, 0.3) is 5.69 Å². The number of non-ortho nitro benzene ring substituents is 1. The molecule has 0 spiro atoms. The van der Waals surface area contributed by atoms with Crippen LogP contribution in [0.1, 0.15) is 26.3 Å². The van der Waals surface area contributed by atoms with Gasteiger partial charge in [-0.05, 0) is 26.8 Å². The minimum Gasteiger partial charge on any atom is -0.370 e. The molecule has 1 atom stereocenters. The third-order valence-corrected chi connectivity index (χ3v) is 4.39. The quantitative estimate of drug-likeness (QED) is 0.627. The molecule has 0 saturated heterocycles. The number of nitro benzene ring substituents is 1. The molecule has 0 fully saturated rings. The van der Waals surface area contributed by atoms with Gasteiger partial charge in [-0.3, -0.25) is 10.1 Å².